The Balaban J connectivity index is 1.70. The number of benzene rings is 1. The normalized spacial score (nSPS) is 12.3. The number of pyridine rings is 1. The van der Waals surface area contributed by atoms with Gasteiger partial charge < -0.3 is 16.0 Å². The van der Waals surface area contributed by atoms with Crippen molar-refractivity contribution in [1.29, 1.82) is 0 Å². The highest BCUT2D eigenvalue weighted by molar-refractivity contribution is 6.06. The number of unbranched alkanes of at least 4 members (excludes halogenated alkanes) is 3. The molecule has 0 spiro atoms. The van der Waals surface area contributed by atoms with Crippen molar-refractivity contribution in [2.75, 3.05) is 12.3 Å². The molecule has 5 heteroatoms. The van der Waals surface area contributed by atoms with Crippen LogP contribution in [0.25, 0.3) is 21.9 Å². The van der Waals surface area contributed by atoms with Crippen LogP contribution >= 0.6 is 0 Å². The van der Waals surface area contributed by atoms with Crippen LogP contribution in [-0.2, 0) is 12.8 Å². The summed E-state index contributed by atoms with van der Waals surface area (Å²) in [5.74, 6) is 1.55. The minimum absolute atomic E-state index is 0.206. The minimum atomic E-state index is 0.206. The van der Waals surface area contributed by atoms with Crippen LogP contribution < -0.4 is 11.1 Å². The molecule has 2 aromatic heterocycles. The number of fused-ring (bicyclic) bond motifs is 3. The Morgan fingerprint density at radius 1 is 1.04 bits per heavy atom. The summed E-state index contributed by atoms with van der Waals surface area (Å²) in [6.07, 6.45) is 7.97. The Morgan fingerprint density at radius 2 is 1.86 bits per heavy atom. The van der Waals surface area contributed by atoms with E-state index < -0.39 is 0 Å². The zero-order valence-corrected chi connectivity index (χ0v) is 17.9. The fraction of sp³-hybridized carbons (Fsp3) is 0.565. The molecule has 0 aliphatic heterocycles. The highest BCUT2D eigenvalue weighted by Crippen LogP contribution is 2.27. The van der Waals surface area contributed by atoms with Crippen molar-refractivity contribution in [1.82, 2.24) is 20.3 Å². The van der Waals surface area contributed by atoms with Crippen LogP contribution in [0.4, 0.5) is 5.82 Å². The van der Waals surface area contributed by atoms with E-state index in [-0.39, 0.29) is 5.54 Å². The number of nitrogens with zero attached hydrogens (tertiary/aromatic N) is 2. The Bertz CT molecular complexity index is 920. The van der Waals surface area contributed by atoms with Crippen molar-refractivity contribution >= 4 is 27.8 Å². The van der Waals surface area contributed by atoms with Gasteiger partial charge in [-0.05, 0) is 70.7 Å². The van der Waals surface area contributed by atoms with Crippen LogP contribution in [0, 0.1) is 0 Å². The SMILES string of the molecule is CCCCc1nc2c([nH]1)c(N)nc1ccc(CCCCCNC(C)(C)C)cc12. The fourth-order valence-corrected chi connectivity index (χ4v) is 3.57. The minimum Gasteiger partial charge on any atom is -0.382 e. The summed E-state index contributed by atoms with van der Waals surface area (Å²) in [7, 11) is 0. The number of anilines is 1. The third-order valence-corrected chi connectivity index (χ3v) is 5.13. The molecule has 0 fully saturated rings. The van der Waals surface area contributed by atoms with Crippen LogP contribution in [0.1, 0.15) is 71.2 Å². The third kappa shape index (κ3) is 5.22. The van der Waals surface area contributed by atoms with Gasteiger partial charge in [-0.3, -0.25) is 0 Å². The molecule has 0 saturated carbocycles. The number of aryl methyl sites for hydroxylation is 2. The zero-order valence-electron chi connectivity index (χ0n) is 17.9. The Labute approximate surface area is 168 Å². The second-order valence-corrected chi connectivity index (χ2v) is 8.85. The van der Waals surface area contributed by atoms with E-state index in [1.54, 1.807) is 0 Å². The van der Waals surface area contributed by atoms with Gasteiger partial charge in [0.1, 0.15) is 22.7 Å². The predicted molar refractivity (Wildman–Crippen MR) is 120 cm³/mol. The van der Waals surface area contributed by atoms with Crippen molar-refractivity contribution in [3.8, 4) is 0 Å². The van der Waals surface area contributed by atoms with Crippen LogP contribution in [0.15, 0.2) is 18.2 Å². The maximum Gasteiger partial charge on any atom is 0.150 e. The van der Waals surface area contributed by atoms with Crippen LogP contribution in [0.3, 0.4) is 0 Å². The molecule has 3 aromatic rings. The van der Waals surface area contributed by atoms with Gasteiger partial charge >= 0.3 is 0 Å². The van der Waals surface area contributed by atoms with Crippen molar-refractivity contribution in [3.05, 3.63) is 29.6 Å². The summed E-state index contributed by atoms with van der Waals surface area (Å²) in [4.78, 5) is 12.8. The summed E-state index contributed by atoms with van der Waals surface area (Å²) in [5, 5.41) is 4.66. The number of aromatic nitrogens is 3. The van der Waals surface area contributed by atoms with Crippen LogP contribution in [0.2, 0.25) is 0 Å². The van der Waals surface area contributed by atoms with E-state index in [2.05, 4.69) is 61.2 Å². The van der Waals surface area contributed by atoms with Crippen molar-refractivity contribution in [2.24, 2.45) is 0 Å². The van der Waals surface area contributed by atoms with Gasteiger partial charge in [-0.1, -0.05) is 25.8 Å². The highest BCUT2D eigenvalue weighted by atomic mass is 15.0. The number of hydrogen-bond acceptors (Lipinski definition) is 4. The first kappa shape index (κ1) is 20.6. The summed E-state index contributed by atoms with van der Waals surface area (Å²) in [6.45, 7) is 9.92. The number of imidazole rings is 1. The zero-order chi connectivity index (χ0) is 20.1. The van der Waals surface area contributed by atoms with Crippen molar-refractivity contribution < 1.29 is 0 Å². The third-order valence-electron chi connectivity index (χ3n) is 5.13. The van der Waals surface area contributed by atoms with Gasteiger partial charge in [0.25, 0.3) is 0 Å². The molecule has 0 unspecified atom stereocenters. The lowest BCUT2D eigenvalue weighted by atomic mass is 10.0. The molecule has 0 amide bonds. The van der Waals surface area contributed by atoms with Gasteiger partial charge in [-0.15, -0.1) is 0 Å². The van der Waals surface area contributed by atoms with Gasteiger partial charge in [0, 0.05) is 17.3 Å². The predicted octanol–water partition coefficient (Wildman–Crippen LogP) is 5.14. The largest absolute Gasteiger partial charge is 0.382 e. The van der Waals surface area contributed by atoms with E-state index in [0.29, 0.717) is 5.82 Å². The molecule has 3 rings (SSSR count). The summed E-state index contributed by atoms with van der Waals surface area (Å²) in [6, 6.07) is 6.52. The average Bonchev–Trinajstić information content (AvgIpc) is 3.07. The van der Waals surface area contributed by atoms with Crippen LogP contribution in [-0.4, -0.2) is 27.0 Å². The van der Waals surface area contributed by atoms with E-state index in [9.17, 15) is 0 Å². The first-order valence-electron chi connectivity index (χ1n) is 10.7. The topological polar surface area (TPSA) is 79.6 Å². The second kappa shape index (κ2) is 8.91. The smallest absolute Gasteiger partial charge is 0.150 e. The summed E-state index contributed by atoms with van der Waals surface area (Å²) < 4.78 is 0. The number of hydrogen-bond donors (Lipinski definition) is 3. The summed E-state index contributed by atoms with van der Waals surface area (Å²) >= 11 is 0. The Kier molecular flexibility index (Phi) is 6.55. The van der Waals surface area contributed by atoms with Crippen molar-refractivity contribution in [2.45, 2.75) is 78.2 Å². The first-order valence-corrected chi connectivity index (χ1v) is 10.7. The first-order chi connectivity index (χ1) is 13.4. The maximum absolute atomic E-state index is 6.17. The van der Waals surface area contributed by atoms with E-state index in [1.807, 2.05) is 0 Å². The molecule has 0 aliphatic carbocycles. The quantitative estimate of drug-likeness (QED) is 0.449. The lowest BCUT2D eigenvalue weighted by Gasteiger charge is -2.20. The Morgan fingerprint density at radius 3 is 2.61 bits per heavy atom. The fourth-order valence-electron chi connectivity index (χ4n) is 3.57. The molecule has 28 heavy (non-hydrogen) atoms. The van der Waals surface area contributed by atoms with Crippen molar-refractivity contribution in [3.63, 3.8) is 0 Å². The molecule has 2 heterocycles. The van der Waals surface area contributed by atoms with E-state index in [1.165, 1.54) is 24.8 Å². The summed E-state index contributed by atoms with van der Waals surface area (Å²) in [5.41, 5.74) is 10.5. The number of nitrogens with one attached hydrogen (secondary N) is 2. The molecular formula is C23H35N5. The van der Waals surface area contributed by atoms with Crippen LogP contribution in [0.5, 0.6) is 0 Å². The van der Waals surface area contributed by atoms with Gasteiger partial charge in [0.05, 0.1) is 5.52 Å². The van der Waals surface area contributed by atoms with Gasteiger partial charge in [-0.2, -0.15) is 0 Å². The standard InChI is InChI=1S/C23H35N5/c1-5-6-11-19-27-20-17-15-16(10-8-7-9-14-25-23(2,3)4)12-13-18(17)26-22(24)21(20)28-19/h12-13,15,25H,5-11,14H2,1-4H3,(H2,24,26)(H,27,28). The van der Waals surface area contributed by atoms with E-state index in [4.69, 9.17) is 10.7 Å². The van der Waals surface area contributed by atoms with Gasteiger partial charge in [-0.25, -0.2) is 9.97 Å². The molecule has 152 valence electrons. The Hall–Kier alpha value is -2.14. The van der Waals surface area contributed by atoms with E-state index >= 15 is 0 Å². The molecule has 0 aliphatic rings. The highest BCUT2D eigenvalue weighted by Gasteiger charge is 2.12. The molecular weight excluding hydrogens is 346 g/mol. The number of nitrogens with two attached hydrogens (primary N) is 1. The maximum atomic E-state index is 6.17. The van der Waals surface area contributed by atoms with Gasteiger partial charge in [0.15, 0.2) is 0 Å². The lowest BCUT2D eigenvalue weighted by Crippen LogP contribution is -2.36. The molecule has 5 nitrogen and oxygen atoms in total. The number of aromatic amines is 1. The van der Waals surface area contributed by atoms with E-state index in [0.717, 1.165) is 60.0 Å². The molecule has 4 N–H and O–H groups in total. The average molecular weight is 382 g/mol. The molecule has 0 bridgehead atoms. The number of nitrogen functional groups attached to an aromatic ring is 1. The number of rotatable bonds is 9. The molecule has 1 aromatic carbocycles. The second-order valence-electron chi connectivity index (χ2n) is 8.85. The molecule has 0 saturated heterocycles. The lowest BCUT2D eigenvalue weighted by molar-refractivity contribution is 0.417. The molecule has 0 radical (unpaired) electrons. The van der Waals surface area contributed by atoms with Gasteiger partial charge in [0.2, 0.25) is 0 Å². The molecule has 0 atom stereocenters. The number of H-pyrrole nitrogens is 1. The monoisotopic (exact) mass is 381 g/mol.